The molecular formula is C12H22N2O5S. The van der Waals surface area contributed by atoms with Gasteiger partial charge in [0.15, 0.2) is 0 Å². The van der Waals surface area contributed by atoms with E-state index in [2.05, 4.69) is 5.32 Å². The summed E-state index contributed by atoms with van der Waals surface area (Å²) in [6.45, 7) is 0.0924. The number of aliphatic carboxylic acids is 1. The monoisotopic (exact) mass is 306 g/mol. The second-order valence-electron chi connectivity index (χ2n) is 5.34. The quantitative estimate of drug-likeness (QED) is 0.761. The molecule has 0 bridgehead atoms. The van der Waals surface area contributed by atoms with E-state index in [0.29, 0.717) is 12.8 Å². The topological polar surface area (TPSA) is 104 Å². The fraction of sp³-hybridized carbons (Fsp3) is 0.833. The van der Waals surface area contributed by atoms with Crippen LogP contribution in [0.25, 0.3) is 0 Å². The first-order valence-electron chi connectivity index (χ1n) is 6.63. The van der Waals surface area contributed by atoms with E-state index in [9.17, 15) is 18.0 Å². The van der Waals surface area contributed by atoms with Gasteiger partial charge in [-0.25, -0.2) is 13.2 Å². The van der Waals surface area contributed by atoms with Crippen LogP contribution < -0.4 is 5.32 Å². The smallest absolute Gasteiger partial charge is 0.317 e. The van der Waals surface area contributed by atoms with E-state index in [0.717, 1.165) is 19.1 Å². The van der Waals surface area contributed by atoms with E-state index in [-0.39, 0.29) is 18.3 Å². The molecule has 2 unspecified atom stereocenters. The van der Waals surface area contributed by atoms with Gasteiger partial charge in [-0.15, -0.1) is 0 Å². The molecule has 20 heavy (non-hydrogen) atoms. The van der Waals surface area contributed by atoms with Gasteiger partial charge < -0.3 is 15.3 Å². The first-order valence-corrected chi connectivity index (χ1v) is 8.69. The predicted octanol–water partition coefficient (Wildman–Crippen LogP) is 0.316. The number of carbonyl (C=O) groups excluding carboxylic acids is 1. The third kappa shape index (κ3) is 5.36. The van der Waals surface area contributed by atoms with Crippen LogP contribution in [0.3, 0.4) is 0 Å². The number of hydrogen-bond donors (Lipinski definition) is 2. The van der Waals surface area contributed by atoms with Crippen molar-refractivity contribution in [2.75, 3.05) is 25.6 Å². The SMILES string of the molecule is CN(CCS(C)(=O)=O)C(=O)NC1CCCCC1C(=O)O. The third-order valence-electron chi connectivity index (χ3n) is 3.54. The summed E-state index contributed by atoms with van der Waals surface area (Å²) < 4.78 is 22.1. The molecule has 2 amide bonds. The van der Waals surface area contributed by atoms with E-state index < -0.39 is 27.8 Å². The summed E-state index contributed by atoms with van der Waals surface area (Å²) in [7, 11) is -1.63. The Morgan fingerprint density at radius 2 is 1.90 bits per heavy atom. The molecule has 7 nitrogen and oxygen atoms in total. The molecule has 1 aliphatic rings. The lowest BCUT2D eigenvalue weighted by Gasteiger charge is -2.30. The van der Waals surface area contributed by atoms with Crippen molar-refractivity contribution in [3.63, 3.8) is 0 Å². The van der Waals surface area contributed by atoms with Crippen molar-refractivity contribution in [2.45, 2.75) is 31.7 Å². The summed E-state index contributed by atoms with van der Waals surface area (Å²) in [6.07, 6.45) is 4.06. The number of sulfone groups is 1. The Bertz CT molecular complexity index is 462. The summed E-state index contributed by atoms with van der Waals surface area (Å²) in [4.78, 5) is 24.3. The maximum Gasteiger partial charge on any atom is 0.317 e. The van der Waals surface area contributed by atoms with Crippen molar-refractivity contribution in [1.29, 1.82) is 0 Å². The molecule has 0 aromatic heterocycles. The van der Waals surface area contributed by atoms with E-state index in [1.807, 2.05) is 0 Å². The van der Waals surface area contributed by atoms with Gasteiger partial charge in [-0.3, -0.25) is 4.79 Å². The lowest BCUT2D eigenvalue weighted by Crippen LogP contribution is -2.49. The lowest BCUT2D eigenvalue weighted by atomic mass is 9.84. The number of carboxylic acid groups (broad SMARTS) is 1. The van der Waals surface area contributed by atoms with Gasteiger partial charge in [-0.2, -0.15) is 0 Å². The van der Waals surface area contributed by atoms with Crippen LogP contribution in [0.4, 0.5) is 4.79 Å². The molecule has 0 aliphatic heterocycles. The van der Waals surface area contributed by atoms with Gasteiger partial charge in [0.1, 0.15) is 9.84 Å². The second kappa shape index (κ2) is 6.92. The minimum absolute atomic E-state index is 0.0924. The zero-order valence-corrected chi connectivity index (χ0v) is 12.6. The van der Waals surface area contributed by atoms with Crippen molar-refractivity contribution in [3.8, 4) is 0 Å². The van der Waals surface area contributed by atoms with Gasteiger partial charge >= 0.3 is 12.0 Å². The number of carbonyl (C=O) groups is 2. The number of amides is 2. The molecule has 2 N–H and O–H groups in total. The molecule has 2 atom stereocenters. The average Bonchev–Trinajstić information content (AvgIpc) is 2.35. The highest BCUT2D eigenvalue weighted by atomic mass is 32.2. The van der Waals surface area contributed by atoms with Crippen molar-refractivity contribution < 1.29 is 23.1 Å². The van der Waals surface area contributed by atoms with Gasteiger partial charge in [0.2, 0.25) is 0 Å². The van der Waals surface area contributed by atoms with Gasteiger partial charge in [0.05, 0.1) is 11.7 Å². The van der Waals surface area contributed by atoms with Gasteiger partial charge in [-0.05, 0) is 12.8 Å². The average molecular weight is 306 g/mol. The van der Waals surface area contributed by atoms with Crippen molar-refractivity contribution in [2.24, 2.45) is 5.92 Å². The number of urea groups is 1. The largest absolute Gasteiger partial charge is 0.481 e. The van der Waals surface area contributed by atoms with Crippen LogP contribution in [0.5, 0.6) is 0 Å². The maximum absolute atomic E-state index is 11.9. The minimum atomic E-state index is -3.13. The van der Waals surface area contributed by atoms with Gasteiger partial charge in [0.25, 0.3) is 0 Å². The molecule has 1 saturated carbocycles. The Morgan fingerprint density at radius 1 is 1.30 bits per heavy atom. The number of hydrogen-bond acceptors (Lipinski definition) is 4. The highest BCUT2D eigenvalue weighted by Crippen LogP contribution is 2.24. The number of rotatable bonds is 5. The Morgan fingerprint density at radius 3 is 2.45 bits per heavy atom. The standard InChI is InChI=1S/C12H22N2O5S/c1-14(7-8-20(2,18)19)12(17)13-10-6-4-3-5-9(10)11(15)16/h9-10H,3-8H2,1-2H3,(H,13,17)(H,15,16). The lowest BCUT2D eigenvalue weighted by molar-refractivity contribution is -0.143. The molecule has 0 aromatic carbocycles. The highest BCUT2D eigenvalue weighted by Gasteiger charge is 2.32. The minimum Gasteiger partial charge on any atom is -0.481 e. The molecule has 0 radical (unpaired) electrons. The highest BCUT2D eigenvalue weighted by molar-refractivity contribution is 7.90. The molecular weight excluding hydrogens is 284 g/mol. The maximum atomic E-state index is 11.9. The van der Waals surface area contributed by atoms with Crippen LogP contribution in [-0.2, 0) is 14.6 Å². The molecule has 0 saturated heterocycles. The summed E-state index contributed by atoms with van der Waals surface area (Å²) in [5.41, 5.74) is 0. The van der Waals surface area contributed by atoms with Crippen LogP contribution in [0.15, 0.2) is 0 Å². The van der Waals surface area contributed by atoms with Gasteiger partial charge in [0, 0.05) is 25.9 Å². The van der Waals surface area contributed by atoms with Crippen LogP contribution in [0.1, 0.15) is 25.7 Å². The van der Waals surface area contributed by atoms with Crippen LogP contribution >= 0.6 is 0 Å². The van der Waals surface area contributed by atoms with E-state index in [1.165, 1.54) is 11.9 Å². The Balaban J connectivity index is 2.53. The van der Waals surface area contributed by atoms with E-state index in [4.69, 9.17) is 5.11 Å². The molecule has 116 valence electrons. The zero-order valence-electron chi connectivity index (χ0n) is 11.8. The Kier molecular flexibility index (Phi) is 5.79. The zero-order chi connectivity index (χ0) is 15.3. The Labute approximate surface area is 119 Å². The molecule has 1 rings (SSSR count). The van der Waals surface area contributed by atoms with Crippen LogP contribution in [0, 0.1) is 5.92 Å². The summed E-state index contributed by atoms with van der Waals surface area (Å²) in [5.74, 6) is -1.56. The van der Waals surface area contributed by atoms with E-state index >= 15 is 0 Å². The molecule has 0 aromatic rings. The molecule has 1 aliphatic carbocycles. The Hall–Kier alpha value is -1.31. The normalized spacial score (nSPS) is 23.1. The van der Waals surface area contributed by atoms with Gasteiger partial charge in [-0.1, -0.05) is 12.8 Å². The fourth-order valence-corrected chi connectivity index (χ4v) is 2.88. The number of nitrogens with one attached hydrogen (secondary N) is 1. The summed E-state index contributed by atoms with van der Waals surface area (Å²) >= 11 is 0. The van der Waals surface area contributed by atoms with E-state index in [1.54, 1.807) is 0 Å². The fourth-order valence-electron chi connectivity index (χ4n) is 2.27. The van der Waals surface area contributed by atoms with Crippen molar-refractivity contribution in [1.82, 2.24) is 10.2 Å². The first-order chi connectivity index (χ1) is 9.20. The van der Waals surface area contributed by atoms with Crippen LogP contribution in [-0.4, -0.2) is 62.1 Å². The summed E-state index contributed by atoms with van der Waals surface area (Å²) in [5, 5.41) is 11.8. The first kappa shape index (κ1) is 16.7. The summed E-state index contributed by atoms with van der Waals surface area (Å²) in [6, 6.07) is -0.804. The molecule has 0 spiro atoms. The van der Waals surface area contributed by atoms with Crippen molar-refractivity contribution in [3.05, 3.63) is 0 Å². The number of carboxylic acids is 1. The second-order valence-corrected chi connectivity index (χ2v) is 7.60. The molecule has 0 heterocycles. The number of nitrogens with zero attached hydrogens (tertiary/aromatic N) is 1. The third-order valence-corrected chi connectivity index (χ3v) is 4.46. The predicted molar refractivity (Wildman–Crippen MR) is 74.3 cm³/mol. The molecule has 8 heteroatoms. The van der Waals surface area contributed by atoms with Crippen molar-refractivity contribution >= 4 is 21.8 Å². The molecule has 1 fully saturated rings. The van der Waals surface area contributed by atoms with Crippen LogP contribution in [0.2, 0.25) is 0 Å².